The number of carbonyl (C=O) groups is 1. The van der Waals surface area contributed by atoms with Crippen molar-refractivity contribution >= 4 is 17.3 Å². The minimum Gasteiger partial charge on any atom is -0.399 e. The highest BCUT2D eigenvalue weighted by Gasteiger charge is 2.23. The molecule has 1 aliphatic rings. The van der Waals surface area contributed by atoms with Crippen molar-refractivity contribution in [1.29, 1.82) is 0 Å². The standard InChI is InChI=1S/C13H19N3O2/c1-8(12-3-2-6-18-12)16-11-7-9(14)4-5-10(11)13(15)17/h4-5,7-8,12,16H,2-3,6,14H2,1H3,(H2,15,17). The molecule has 1 saturated heterocycles. The number of amides is 1. The van der Waals surface area contributed by atoms with Crippen molar-refractivity contribution in [2.75, 3.05) is 17.7 Å². The molecule has 5 N–H and O–H groups in total. The highest BCUT2D eigenvalue weighted by atomic mass is 16.5. The Morgan fingerprint density at radius 3 is 2.94 bits per heavy atom. The Kier molecular flexibility index (Phi) is 3.72. The molecule has 5 nitrogen and oxygen atoms in total. The first-order valence-electron chi connectivity index (χ1n) is 6.15. The number of carbonyl (C=O) groups excluding carboxylic acids is 1. The van der Waals surface area contributed by atoms with Gasteiger partial charge in [0.15, 0.2) is 0 Å². The fourth-order valence-corrected chi connectivity index (χ4v) is 2.23. The molecule has 18 heavy (non-hydrogen) atoms. The number of nitrogens with two attached hydrogens (primary N) is 2. The van der Waals surface area contributed by atoms with E-state index in [1.807, 2.05) is 6.92 Å². The van der Waals surface area contributed by atoms with Gasteiger partial charge in [-0.25, -0.2) is 0 Å². The second-order valence-electron chi connectivity index (χ2n) is 4.65. The van der Waals surface area contributed by atoms with Gasteiger partial charge < -0.3 is 21.5 Å². The molecule has 98 valence electrons. The molecule has 0 aromatic heterocycles. The molecular formula is C13H19N3O2. The van der Waals surface area contributed by atoms with Crippen LogP contribution in [-0.4, -0.2) is 24.7 Å². The van der Waals surface area contributed by atoms with Crippen molar-refractivity contribution in [2.45, 2.75) is 31.9 Å². The monoisotopic (exact) mass is 249 g/mol. The van der Waals surface area contributed by atoms with E-state index in [9.17, 15) is 4.79 Å². The maximum Gasteiger partial charge on any atom is 0.250 e. The molecule has 2 unspecified atom stereocenters. The van der Waals surface area contributed by atoms with Crippen molar-refractivity contribution in [3.63, 3.8) is 0 Å². The van der Waals surface area contributed by atoms with Crippen molar-refractivity contribution in [3.8, 4) is 0 Å². The van der Waals surface area contributed by atoms with Gasteiger partial charge in [0.25, 0.3) is 5.91 Å². The number of benzene rings is 1. The van der Waals surface area contributed by atoms with E-state index in [2.05, 4.69) is 5.32 Å². The van der Waals surface area contributed by atoms with Crippen molar-refractivity contribution in [1.82, 2.24) is 0 Å². The summed E-state index contributed by atoms with van der Waals surface area (Å²) in [4.78, 5) is 11.3. The molecule has 1 aromatic carbocycles. The maximum absolute atomic E-state index is 11.3. The molecule has 1 amide bonds. The smallest absolute Gasteiger partial charge is 0.250 e. The van der Waals surface area contributed by atoms with E-state index in [1.54, 1.807) is 18.2 Å². The summed E-state index contributed by atoms with van der Waals surface area (Å²) in [5, 5.41) is 3.27. The molecule has 0 aliphatic carbocycles. The number of hydrogen-bond acceptors (Lipinski definition) is 4. The summed E-state index contributed by atoms with van der Waals surface area (Å²) in [6.07, 6.45) is 2.28. The number of hydrogen-bond donors (Lipinski definition) is 3. The van der Waals surface area contributed by atoms with Crippen LogP contribution < -0.4 is 16.8 Å². The van der Waals surface area contributed by atoms with Gasteiger partial charge in [-0.15, -0.1) is 0 Å². The molecule has 5 heteroatoms. The van der Waals surface area contributed by atoms with E-state index in [4.69, 9.17) is 16.2 Å². The fourth-order valence-electron chi connectivity index (χ4n) is 2.23. The number of ether oxygens (including phenoxy) is 1. The van der Waals surface area contributed by atoms with Crippen LogP contribution in [0.3, 0.4) is 0 Å². The predicted octanol–water partition coefficient (Wildman–Crippen LogP) is 1.35. The summed E-state index contributed by atoms with van der Waals surface area (Å²) in [6, 6.07) is 5.16. The van der Waals surface area contributed by atoms with Crippen LogP contribution in [0.25, 0.3) is 0 Å². The lowest BCUT2D eigenvalue weighted by molar-refractivity contribution is 0.0984. The summed E-state index contributed by atoms with van der Waals surface area (Å²) in [6.45, 7) is 2.83. The van der Waals surface area contributed by atoms with Gasteiger partial charge in [0.05, 0.1) is 11.7 Å². The van der Waals surface area contributed by atoms with Gasteiger partial charge >= 0.3 is 0 Å². The Balaban J connectivity index is 2.16. The zero-order chi connectivity index (χ0) is 13.1. The van der Waals surface area contributed by atoms with Crippen LogP contribution in [0.15, 0.2) is 18.2 Å². The minimum absolute atomic E-state index is 0.118. The van der Waals surface area contributed by atoms with E-state index in [1.165, 1.54) is 0 Å². The summed E-state index contributed by atoms with van der Waals surface area (Å²) in [7, 11) is 0. The van der Waals surface area contributed by atoms with E-state index >= 15 is 0 Å². The largest absolute Gasteiger partial charge is 0.399 e. The zero-order valence-corrected chi connectivity index (χ0v) is 10.5. The van der Waals surface area contributed by atoms with Crippen molar-refractivity contribution in [2.24, 2.45) is 5.73 Å². The molecule has 1 aromatic rings. The SMILES string of the molecule is CC(Nc1cc(N)ccc1C(N)=O)C1CCCO1. The Labute approximate surface area is 106 Å². The maximum atomic E-state index is 11.3. The van der Waals surface area contributed by atoms with Crippen LogP contribution in [0, 0.1) is 0 Å². The Hall–Kier alpha value is -1.75. The van der Waals surface area contributed by atoms with E-state index in [0.29, 0.717) is 16.9 Å². The Morgan fingerprint density at radius 2 is 2.33 bits per heavy atom. The summed E-state index contributed by atoms with van der Waals surface area (Å²) in [5.41, 5.74) is 12.8. The molecule has 0 saturated carbocycles. The Morgan fingerprint density at radius 1 is 1.56 bits per heavy atom. The summed E-state index contributed by atoms with van der Waals surface area (Å²) >= 11 is 0. The quantitative estimate of drug-likeness (QED) is 0.702. The second-order valence-corrected chi connectivity index (χ2v) is 4.65. The van der Waals surface area contributed by atoms with Crippen molar-refractivity contribution in [3.05, 3.63) is 23.8 Å². The average molecular weight is 249 g/mol. The molecule has 1 fully saturated rings. The van der Waals surface area contributed by atoms with Crippen LogP contribution in [0.4, 0.5) is 11.4 Å². The highest BCUT2D eigenvalue weighted by molar-refractivity contribution is 5.99. The van der Waals surface area contributed by atoms with Crippen LogP contribution >= 0.6 is 0 Å². The molecule has 0 spiro atoms. The van der Waals surface area contributed by atoms with E-state index < -0.39 is 5.91 Å². The van der Waals surface area contributed by atoms with E-state index in [0.717, 1.165) is 19.4 Å². The lowest BCUT2D eigenvalue weighted by Crippen LogP contribution is -2.31. The first-order valence-corrected chi connectivity index (χ1v) is 6.15. The van der Waals surface area contributed by atoms with Gasteiger partial charge in [-0.05, 0) is 38.0 Å². The summed E-state index contributed by atoms with van der Waals surface area (Å²) in [5.74, 6) is -0.461. The van der Waals surface area contributed by atoms with Gasteiger partial charge in [0, 0.05) is 24.0 Å². The lowest BCUT2D eigenvalue weighted by Gasteiger charge is -2.22. The number of rotatable bonds is 4. The van der Waals surface area contributed by atoms with Gasteiger partial charge in [-0.2, -0.15) is 0 Å². The minimum atomic E-state index is -0.461. The fraction of sp³-hybridized carbons (Fsp3) is 0.462. The number of nitrogen functional groups attached to an aromatic ring is 1. The number of nitrogens with one attached hydrogen (secondary N) is 1. The van der Waals surface area contributed by atoms with E-state index in [-0.39, 0.29) is 12.1 Å². The first kappa shape index (κ1) is 12.7. The van der Waals surface area contributed by atoms with Gasteiger partial charge in [-0.1, -0.05) is 0 Å². The topological polar surface area (TPSA) is 90.4 Å². The molecule has 1 heterocycles. The van der Waals surface area contributed by atoms with Gasteiger partial charge in [0.2, 0.25) is 0 Å². The molecule has 2 rings (SSSR count). The number of primary amides is 1. The van der Waals surface area contributed by atoms with Crippen molar-refractivity contribution < 1.29 is 9.53 Å². The average Bonchev–Trinajstić information content (AvgIpc) is 2.81. The third-order valence-corrected chi connectivity index (χ3v) is 3.21. The van der Waals surface area contributed by atoms with Crippen LogP contribution in [0.1, 0.15) is 30.1 Å². The molecule has 0 radical (unpaired) electrons. The summed E-state index contributed by atoms with van der Waals surface area (Å²) < 4.78 is 5.61. The number of anilines is 2. The van der Waals surface area contributed by atoms with Gasteiger partial charge in [-0.3, -0.25) is 4.79 Å². The highest BCUT2D eigenvalue weighted by Crippen LogP contribution is 2.23. The Bertz CT molecular complexity index is 442. The molecule has 0 bridgehead atoms. The molecule has 2 atom stereocenters. The third-order valence-electron chi connectivity index (χ3n) is 3.21. The second kappa shape index (κ2) is 5.27. The predicted molar refractivity (Wildman–Crippen MR) is 71.4 cm³/mol. The molecular weight excluding hydrogens is 230 g/mol. The van der Waals surface area contributed by atoms with Gasteiger partial charge in [0.1, 0.15) is 0 Å². The third kappa shape index (κ3) is 2.73. The van der Waals surface area contributed by atoms with Crippen LogP contribution in [-0.2, 0) is 4.74 Å². The normalized spacial score (nSPS) is 20.6. The first-order chi connectivity index (χ1) is 8.58. The lowest BCUT2D eigenvalue weighted by atomic mass is 10.1. The van der Waals surface area contributed by atoms with Crippen LogP contribution in [0.2, 0.25) is 0 Å². The van der Waals surface area contributed by atoms with Crippen LogP contribution in [0.5, 0.6) is 0 Å². The zero-order valence-electron chi connectivity index (χ0n) is 10.5. The molecule has 1 aliphatic heterocycles.